The molecule has 0 aromatic heterocycles. The molecule has 0 spiro atoms. The summed E-state index contributed by atoms with van der Waals surface area (Å²) in [7, 11) is 1.65. The van der Waals surface area contributed by atoms with Crippen molar-refractivity contribution in [2.75, 3.05) is 26.9 Å². The summed E-state index contributed by atoms with van der Waals surface area (Å²) in [6, 6.07) is 0. The van der Waals surface area contributed by atoms with Gasteiger partial charge in [0.15, 0.2) is 0 Å². The topological polar surface area (TPSA) is 44.8 Å². The third kappa shape index (κ3) is 6.21. The predicted octanol–water partition coefficient (Wildman–Crippen LogP) is 7.91. The van der Waals surface area contributed by atoms with Gasteiger partial charge in [-0.05, 0) is 78.9 Å². The van der Waals surface area contributed by atoms with E-state index in [0.717, 1.165) is 42.9 Å². The number of rotatable bonds is 12. The molecule has 4 aliphatic rings. The number of allylic oxidation sites excluding steroid dienone is 3. The van der Waals surface area contributed by atoms with E-state index in [9.17, 15) is 4.79 Å². The van der Waals surface area contributed by atoms with Gasteiger partial charge in [0.2, 0.25) is 0 Å². The first kappa shape index (κ1) is 28.9. The van der Waals surface area contributed by atoms with E-state index in [1.54, 1.807) is 12.7 Å². The lowest BCUT2D eigenvalue weighted by Gasteiger charge is -2.55. The highest BCUT2D eigenvalue weighted by atomic mass is 16.5. The minimum atomic E-state index is -0.133. The third-order valence-corrected chi connectivity index (χ3v) is 10.9. The summed E-state index contributed by atoms with van der Waals surface area (Å²) in [6.07, 6.45) is 17.9. The van der Waals surface area contributed by atoms with Crippen molar-refractivity contribution in [3.8, 4) is 0 Å². The lowest BCUT2D eigenvalue weighted by Crippen LogP contribution is -2.46. The van der Waals surface area contributed by atoms with E-state index < -0.39 is 0 Å². The van der Waals surface area contributed by atoms with E-state index in [0.29, 0.717) is 37.6 Å². The Hall–Kier alpha value is -1.13. The Labute approximate surface area is 227 Å². The normalized spacial score (nSPS) is 35.8. The van der Waals surface area contributed by atoms with Gasteiger partial charge < -0.3 is 14.2 Å². The molecule has 4 nitrogen and oxygen atoms in total. The van der Waals surface area contributed by atoms with Crippen LogP contribution in [-0.2, 0) is 19.0 Å². The van der Waals surface area contributed by atoms with Crippen LogP contribution in [0.25, 0.3) is 0 Å². The zero-order chi connectivity index (χ0) is 26.6. The Morgan fingerprint density at radius 3 is 2.54 bits per heavy atom. The van der Waals surface area contributed by atoms with Crippen molar-refractivity contribution in [2.24, 2.45) is 40.4 Å². The molecule has 0 heterocycles. The van der Waals surface area contributed by atoms with Gasteiger partial charge >= 0.3 is 5.97 Å². The highest BCUT2D eigenvalue weighted by Gasteiger charge is 2.57. The van der Waals surface area contributed by atoms with Crippen LogP contribution in [0.3, 0.4) is 0 Å². The maximum Gasteiger partial charge on any atom is 0.308 e. The molecule has 0 N–H and O–H groups in total. The largest absolute Gasteiger partial charge is 0.462 e. The highest BCUT2D eigenvalue weighted by molar-refractivity contribution is 5.69. The second-order valence-corrected chi connectivity index (χ2v) is 13.6. The molecule has 0 radical (unpaired) electrons. The van der Waals surface area contributed by atoms with Gasteiger partial charge in [0, 0.05) is 13.5 Å². The molecule has 0 aliphatic heterocycles. The number of methoxy groups -OCH3 is 1. The van der Waals surface area contributed by atoms with Gasteiger partial charge in [0.1, 0.15) is 6.10 Å². The van der Waals surface area contributed by atoms with Crippen LogP contribution in [0.2, 0.25) is 0 Å². The summed E-state index contributed by atoms with van der Waals surface area (Å²) in [4.78, 5) is 12.4. The van der Waals surface area contributed by atoms with Crippen LogP contribution in [-0.4, -0.2) is 39.0 Å². The molecule has 210 valence electrons. The van der Waals surface area contributed by atoms with Crippen molar-refractivity contribution in [2.45, 2.75) is 111 Å². The van der Waals surface area contributed by atoms with E-state index in [1.807, 2.05) is 0 Å². The van der Waals surface area contributed by atoms with Crippen molar-refractivity contribution in [3.05, 3.63) is 23.3 Å². The number of carbonyl (C=O) groups is 1. The van der Waals surface area contributed by atoms with Crippen LogP contribution in [0.5, 0.6) is 0 Å². The van der Waals surface area contributed by atoms with Gasteiger partial charge in [-0.25, -0.2) is 0 Å². The Morgan fingerprint density at radius 2 is 1.78 bits per heavy atom. The van der Waals surface area contributed by atoms with Crippen LogP contribution < -0.4 is 0 Å². The molecule has 3 saturated carbocycles. The van der Waals surface area contributed by atoms with E-state index >= 15 is 0 Å². The zero-order valence-electron chi connectivity index (χ0n) is 24.7. The molecule has 0 aromatic rings. The van der Waals surface area contributed by atoms with Crippen LogP contribution in [0, 0.1) is 40.4 Å². The molecule has 3 fully saturated rings. The van der Waals surface area contributed by atoms with Gasteiger partial charge in [0.25, 0.3) is 0 Å². The second kappa shape index (κ2) is 12.4. The summed E-state index contributed by atoms with van der Waals surface area (Å²) in [5.41, 5.74) is 3.99. The Bertz CT molecular complexity index is 843. The van der Waals surface area contributed by atoms with Crippen LogP contribution >= 0.6 is 0 Å². The van der Waals surface area contributed by atoms with Gasteiger partial charge in [0.05, 0.1) is 26.2 Å². The average Bonchev–Trinajstić information content (AvgIpc) is 3.21. The average molecular weight is 515 g/mol. The maximum atomic E-state index is 12.4. The van der Waals surface area contributed by atoms with E-state index in [1.165, 1.54) is 50.5 Å². The molecule has 4 aliphatic carbocycles. The highest BCUT2D eigenvalue weighted by Crippen LogP contribution is 2.66. The first-order valence-corrected chi connectivity index (χ1v) is 15.4. The molecule has 7 atom stereocenters. The third-order valence-electron chi connectivity index (χ3n) is 10.9. The van der Waals surface area contributed by atoms with Crippen molar-refractivity contribution in [1.82, 2.24) is 0 Å². The van der Waals surface area contributed by atoms with Crippen LogP contribution in [0.15, 0.2) is 23.3 Å². The Morgan fingerprint density at radius 1 is 0.973 bits per heavy atom. The van der Waals surface area contributed by atoms with Crippen LogP contribution in [0.1, 0.15) is 105 Å². The molecule has 0 amide bonds. The molecule has 4 rings (SSSR count). The standard InChI is InChI=1S/C33H54O4/c1-23(2)8-7-9-24(3)28-12-13-29-27-11-10-25-22-26(37-31(34)16-19-36-21-20-35-6)14-17-32(25,4)30(27)15-18-33(28,29)5/h10-11,23-24,26,28-30H,7-9,12-22H2,1-6H3/t24-,26+,28?,29?,30?,32+,33-/m1/s1. The quantitative estimate of drug-likeness (QED) is 0.196. The first-order valence-electron chi connectivity index (χ1n) is 15.4. The summed E-state index contributed by atoms with van der Waals surface area (Å²) in [5, 5.41) is 0. The number of hydrogen-bond donors (Lipinski definition) is 0. The summed E-state index contributed by atoms with van der Waals surface area (Å²) in [5.74, 6) is 3.83. The summed E-state index contributed by atoms with van der Waals surface area (Å²) < 4.78 is 16.3. The van der Waals surface area contributed by atoms with Crippen LogP contribution in [0.4, 0.5) is 0 Å². The molecular weight excluding hydrogens is 460 g/mol. The lowest BCUT2D eigenvalue weighted by molar-refractivity contribution is -0.152. The summed E-state index contributed by atoms with van der Waals surface area (Å²) >= 11 is 0. The number of hydrogen-bond acceptors (Lipinski definition) is 4. The summed E-state index contributed by atoms with van der Waals surface area (Å²) in [6.45, 7) is 13.9. The number of fused-ring (bicyclic) bond motifs is 5. The van der Waals surface area contributed by atoms with Gasteiger partial charge in [-0.2, -0.15) is 0 Å². The van der Waals surface area contributed by atoms with Gasteiger partial charge in [-0.3, -0.25) is 4.79 Å². The van der Waals surface area contributed by atoms with Gasteiger partial charge in [-0.15, -0.1) is 0 Å². The predicted molar refractivity (Wildman–Crippen MR) is 150 cm³/mol. The van der Waals surface area contributed by atoms with Crippen molar-refractivity contribution in [3.63, 3.8) is 0 Å². The minimum Gasteiger partial charge on any atom is -0.462 e. The second-order valence-electron chi connectivity index (χ2n) is 13.6. The smallest absolute Gasteiger partial charge is 0.308 e. The number of carbonyl (C=O) groups excluding carboxylic acids is 1. The maximum absolute atomic E-state index is 12.4. The molecule has 4 heteroatoms. The fourth-order valence-electron chi connectivity index (χ4n) is 8.74. The first-order chi connectivity index (χ1) is 17.7. The van der Waals surface area contributed by atoms with E-state index in [-0.39, 0.29) is 17.5 Å². The number of ether oxygens (including phenoxy) is 3. The van der Waals surface area contributed by atoms with E-state index in [2.05, 4.69) is 46.8 Å². The van der Waals surface area contributed by atoms with Gasteiger partial charge in [-0.1, -0.05) is 77.2 Å². The molecular formula is C33H54O4. The molecule has 37 heavy (non-hydrogen) atoms. The Kier molecular flexibility index (Phi) is 9.65. The zero-order valence-corrected chi connectivity index (χ0v) is 24.7. The molecule has 0 aromatic carbocycles. The SMILES string of the molecule is COCCOCCC(=O)O[C@H]1CC[C@@]2(C)C(=CC=C3C4CCC([C@H](C)CCCC(C)C)[C@@]4(C)CCC32)C1. The number of esters is 1. The van der Waals surface area contributed by atoms with Crippen molar-refractivity contribution in [1.29, 1.82) is 0 Å². The fraction of sp³-hybridized carbons (Fsp3) is 0.848. The molecule has 0 bridgehead atoms. The fourth-order valence-corrected chi connectivity index (χ4v) is 8.74. The van der Waals surface area contributed by atoms with E-state index in [4.69, 9.17) is 14.2 Å². The van der Waals surface area contributed by atoms with Crippen molar-refractivity contribution >= 4 is 5.97 Å². The minimum absolute atomic E-state index is 0.0113. The monoisotopic (exact) mass is 514 g/mol. The molecule has 0 saturated heterocycles. The van der Waals surface area contributed by atoms with Crippen molar-refractivity contribution < 1.29 is 19.0 Å². The molecule has 3 unspecified atom stereocenters. The Balaban J connectivity index is 1.37. The lowest BCUT2D eigenvalue weighted by atomic mass is 9.50.